The highest BCUT2D eigenvalue weighted by atomic mass is 16.2. The normalized spacial score (nSPS) is 9.44. The van der Waals surface area contributed by atoms with E-state index < -0.39 is 0 Å². The molecule has 0 fully saturated rings. The molecule has 5 nitrogen and oxygen atoms in total. The highest BCUT2D eigenvalue weighted by Crippen LogP contribution is 1.87. The fraction of sp³-hybridized carbons (Fsp3) is 0.250. The van der Waals surface area contributed by atoms with E-state index in [0.29, 0.717) is 0 Å². The third kappa shape index (κ3) is 1.04. The van der Waals surface area contributed by atoms with Gasteiger partial charge in [0, 0.05) is 6.92 Å². The minimum absolute atomic E-state index is 0.116. The zero-order valence-electron chi connectivity index (χ0n) is 4.90. The summed E-state index contributed by atoms with van der Waals surface area (Å²) in [4.78, 5) is 14.0. The van der Waals surface area contributed by atoms with Crippen molar-refractivity contribution in [3.05, 3.63) is 6.33 Å². The van der Waals surface area contributed by atoms with Gasteiger partial charge in [-0.3, -0.25) is 4.79 Å². The van der Waals surface area contributed by atoms with Crippen LogP contribution in [0.5, 0.6) is 0 Å². The third-order valence-corrected chi connectivity index (χ3v) is 0.832. The molecule has 0 saturated heterocycles. The Morgan fingerprint density at radius 1 is 1.89 bits per heavy atom. The average Bonchev–Trinajstić information content (AvgIpc) is 2.14. The minimum Gasteiger partial charge on any atom is -0.366 e. The van der Waals surface area contributed by atoms with E-state index in [1.54, 1.807) is 0 Å². The molecular weight excluding hydrogens is 120 g/mol. The number of nitrogens with zero attached hydrogens (tertiary/aromatic N) is 3. The molecule has 5 heteroatoms. The molecule has 0 unspecified atom stereocenters. The molecular formula is C4H6N4O. The summed E-state index contributed by atoms with van der Waals surface area (Å²) in [6, 6.07) is 0. The highest BCUT2D eigenvalue weighted by Gasteiger charge is 1.97. The van der Waals surface area contributed by atoms with Crippen LogP contribution >= 0.6 is 0 Å². The first kappa shape index (κ1) is 5.74. The van der Waals surface area contributed by atoms with Crippen molar-refractivity contribution in [2.45, 2.75) is 6.92 Å². The molecule has 1 heterocycles. The van der Waals surface area contributed by atoms with Crippen molar-refractivity contribution in [3.8, 4) is 0 Å². The predicted octanol–water partition coefficient (Wildman–Crippen LogP) is -0.480. The van der Waals surface area contributed by atoms with E-state index in [9.17, 15) is 4.79 Å². The van der Waals surface area contributed by atoms with Gasteiger partial charge in [0.2, 0.25) is 11.9 Å². The first-order chi connectivity index (χ1) is 4.20. The third-order valence-electron chi connectivity index (χ3n) is 0.832. The van der Waals surface area contributed by atoms with Crippen LogP contribution in [0, 0.1) is 0 Å². The van der Waals surface area contributed by atoms with Gasteiger partial charge >= 0.3 is 0 Å². The van der Waals surface area contributed by atoms with Gasteiger partial charge in [0.15, 0.2) is 0 Å². The van der Waals surface area contributed by atoms with E-state index in [1.165, 1.54) is 13.3 Å². The number of hydrogen-bond acceptors (Lipinski definition) is 4. The largest absolute Gasteiger partial charge is 0.366 e. The van der Waals surface area contributed by atoms with Crippen molar-refractivity contribution >= 4 is 11.9 Å². The molecule has 0 aliphatic carbocycles. The Bertz CT molecular complexity index is 228. The van der Waals surface area contributed by atoms with Crippen LogP contribution in [0.1, 0.15) is 11.7 Å². The molecule has 1 aromatic rings. The number of nitrogen functional groups attached to an aromatic ring is 1. The summed E-state index contributed by atoms with van der Waals surface area (Å²) in [5.41, 5.74) is 5.12. The van der Waals surface area contributed by atoms with Gasteiger partial charge in [-0.15, -0.1) is 5.10 Å². The van der Waals surface area contributed by atoms with Gasteiger partial charge in [-0.2, -0.15) is 4.68 Å². The summed E-state index contributed by atoms with van der Waals surface area (Å²) in [5.74, 6) is -0.0793. The van der Waals surface area contributed by atoms with Gasteiger partial charge in [0.25, 0.3) is 0 Å². The summed E-state index contributed by atoms with van der Waals surface area (Å²) < 4.78 is 1.08. The number of carbonyl (C=O) groups is 1. The maximum Gasteiger partial charge on any atom is 0.245 e. The van der Waals surface area contributed by atoms with Gasteiger partial charge in [-0.1, -0.05) is 0 Å². The maximum absolute atomic E-state index is 10.5. The quantitative estimate of drug-likeness (QED) is 0.509. The molecule has 2 N–H and O–H groups in total. The van der Waals surface area contributed by atoms with Crippen molar-refractivity contribution < 1.29 is 4.79 Å². The lowest BCUT2D eigenvalue weighted by atomic mass is 10.7. The maximum atomic E-state index is 10.5. The van der Waals surface area contributed by atoms with Crippen LogP contribution in [0.4, 0.5) is 5.95 Å². The number of aromatic nitrogens is 3. The molecule has 0 saturated carbocycles. The van der Waals surface area contributed by atoms with Crippen LogP contribution in [-0.2, 0) is 0 Å². The number of nitrogens with two attached hydrogens (primary N) is 1. The Morgan fingerprint density at radius 3 is 2.78 bits per heavy atom. The monoisotopic (exact) mass is 126 g/mol. The lowest BCUT2D eigenvalue weighted by Gasteiger charge is -1.85. The van der Waals surface area contributed by atoms with Gasteiger partial charge in [0.05, 0.1) is 0 Å². The van der Waals surface area contributed by atoms with Crippen molar-refractivity contribution in [2.24, 2.45) is 0 Å². The van der Waals surface area contributed by atoms with E-state index in [1.807, 2.05) is 0 Å². The predicted molar refractivity (Wildman–Crippen MR) is 30.7 cm³/mol. The molecule has 0 aliphatic rings. The molecule has 48 valence electrons. The summed E-state index contributed by atoms with van der Waals surface area (Å²) in [5, 5.41) is 3.54. The van der Waals surface area contributed by atoms with Gasteiger partial charge < -0.3 is 5.73 Å². The standard InChI is InChI=1S/C4H6N4O/c1-3(9)8-2-6-4(5)7-8/h2H,1H3,(H2,5,7). The SMILES string of the molecule is CC(=O)n1cnc(N)n1. The van der Waals surface area contributed by atoms with Crippen LogP contribution in [0.25, 0.3) is 0 Å². The lowest BCUT2D eigenvalue weighted by Crippen LogP contribution is -2.05. The van der Waals surface area contributed by atoms with Crippen molar-refractivity contribution in [1.82, 2.24) is 14.8 Å². The van der Waals surface area contributed by atoms with Gasteiger partial charge in [0.1, 0.15) is 6.33 Å². The molecule has 0 aliphatic heterocycles. The first-order valence-corrected chi connectivity index (χ1v) is 2.38. The van der Waals surface area contributed by atoms with E-state index in [2.05, 4.69) is 10.1 Å². The highest BCUT2D eigenvalue weighted by molar-refractivity contribution is 5.74. The molecule has 0 aromatic carbocycles. The summed E-state index contributed by atoms with van der Waals surface area (Å²) in [6.45, 7) is 1.38. The van der Waals surface area contributed by atoms with Crippen molar-refractivity contribution in [3.63, 3.8) is 0 Å². The van der Waals surface area contributed by atoms with Crippen LogP contribution < -0.4 is 5.73 Å². The average molecular weight is 126 g/mol. The fourth-order valence-corrected chi connectivity index (χ4v) is 0.428. The molecule has 0 atom stereocenters. The van der Waals surface area contributed by atoms with Gasteiger partial charge in [-0.05, 0) is 0 Å². The van der Waals surface area contributed by atoms with Crippen LogP contribution in [0.2, 0.25) is 0 Å². The van der Waals surface area contributed by atoms with Gasteiger partial charge in [-0.25, -0.2) is 4.98 Å². The Kier molecular flexibility index (Phi) is 1.18. The zero-order chi connectivity index (χ0) is 6.85. The molecule has 0 spiro atoms. The topological polar surface area (TPSA) is 73.8 Å². The Hall–Kier alpha value is -1.39. The van der Waals surface area contributed by atoms with Crippen LogP contribution in [-0.4, -0.2) is 20.7 Å². The van der Waals surface area contributed by atoms with E-state index in [4.69, 9.17) is 5.73 Å². The first-order valence-electron chi connectivity index (χ1n) is 2.38. The second-order valence-corrected chi connectivity index (χ2v) is 1.57. The molecule has 1 aromatic heterocycles. The molecule has 0 bridgehead atoms. The molecule has 9 heavy (non-hydrogen) atoms. The van der Waals surface area contributed by atoms with E-state index >= 15 is 0 Å². The molecule has 1 rings (SSSR count). The smallest absolute Gasteiger partial charge is 0.245 e. The van der Waals surface area contributed by atoms with Crippen molar-refractivity contribution in [1.29, 1.82) is 0 Å². The van der Waals surface area contributed by atoms with E-state index in [0.717, 1.165) is 4.68 Å². The minimum atomic E-state index is -0.195. The van der Waals surface area contributed by atoms with Crippen LogP contribution in [0.15, 0.2) is 6.33 Å². The second-order valence-electron chi connectivity index (χ2n) is 1.57. The zero-order valence-corrected chi connectivity index (χ0v) is 4.90. The summed E-state index contributed by atoms with van der Waals surface area (Å²) in [7, 11) is 0. The Morgan fingerprint density at radius 2 is 2.56 bits per heavy atom. The van der Waals surface area contributed by atoms with Crippen LogP contribution in [0.3, 0.4) is 0 Å². The number of rotatable bonds is 0. The number of carbonyl (C=O) groups excluding carboxylic acids is 1. The lowest BCUT2D eigenvalue weighted by molar-refractivity contribution is 0.0921. The fourth-order valence-electron chi connectivity index (χ4n) is 0.428. The Balaban J connectivity index is 2.98. The number of anilines is 1. The molecule has 0 amide bonds. The van der Waals surface area contributed by atoms with Crippen molar-refractivity contribution in [2.75, 3.05) is 5.73 Å². The summed E-state index contributed by atoms with van der Waals surface area (Å²) >= 11 is 0. The Labute approximate surface area is 51.5 Å². The van der Waals surface area contributed by atoms with E-state index in [-0.39, 0.29) is 11.9 Å². The summed E-state index contributed by atoms with van der Waals surface area (Å²) in [6.07, 6.45) is 1.28. The second kappa shape index (κ2) is 1.85. The molecule has 0 radical (unpaired) electrons. The number of hydrogen-bond donors (Lipinski definition) is 1.